The first-order valence-corrected chi connectivity index (χ1v) is 4.13. The normalized spacial score (nSPS) is 10.4. The molecule has 0 aromatic heterocycles. The van der Waals surface area contributed by atoms with Gasteiger partial charge in [-0.1, -0.05) is 32.1 Å². The van der Waals surface area contributed by atoms with Gasteiger partial charge in [0, 0.05) is 0 Å². The fourth-order valence-corrected chi connectivity index (χ4v) is 1.10. The molecule has 0 spiro atoms. The fraction of sp³-hybridized carbons (Fsp3) is 0.545. The van der Waals surface area contributed by atoms with Crippen LogP contribution in [0.1, 0.15) is 32.1 Å². The molecule has 1 rings (SSSR count). The van der Waals surface area contributed by atoms with Crippen LogP contribution < -0.4 is 0 Å². The number of nitrogens with one attached hydrogen (secondary N) is 1. The zero-order chi connectivity index (χ0) is 15.1. The summed E-state index contributed by atoms with van der Waals surface area (Å²) in [6, 6.07) is 0.286. The molecule has 1 N–H and O–H groups in total. The second-order valence-corrected chi connectivity index (χ2v) is 2.33. The molecule has 0 saturated heterocycles. The van der Waals surface area contributed by atoms with E-state index in [0.717, 1.165) is 12.8 Å². The molecule has 0 heterocycles. The van der Waals surface area contributed by atoms with Crippen LogP contribution in [0.2, 0.25) is 0 Å². The van der Waals surface area contributed by atoms with Crippen LogP contribution >= 0.6 is 0 Å². The van der Waals surface area contributed by atoms with E-state index in [0.29, 0.717) is 0 Å². The summed E-state index contributed by atoms with van der Waals surface area (Å²) in [6.07, 6.45) is 6.28. The molecule has 92 valence electrons. The standard InChI is InChI=1S/C6H12N.5CO.Cr/c7-6-4-2-1-3-5-6;5*1-2;/h6-7H,1-5H2;;;;;;/q-1;;;;;;+6. The maximum absolute atomic E-state index is 7.50. The molecule has 0 aromatic rings. The van der Waals surface area contributed by atoms with E-state index in [-0.39, 0.29) is 23.4 Å². The van der Waals surface area contributed by atoms with Crippen molar-refractivity contribution >= 4 is 0 Å². The van der Waals surface area contributed by atoms with Crippen LogP contribution in [0.5, 0.6) is 0 Å². The van der Waals surface area contributed by atoms with Crippen molar-refractivity contribution in [3.63, 3.8) is 0 Å². The van der Waals surface area contributed by atoms with Crippen molar-refractivity contribution in [3.05, 3.63) is 39.0 Å². The predicted molar refractivity (Wildman–Crippen MR) is 50.8 cm³/mol. The molecule has 1 aliphatic rings. The minimum Gasteiger partial charge on any atom is -0.675 e. The molecule has 7 heteroatoms. The van der Waals surface area contributed by atoms with Crippen molar-refractivity contribution < 1.29 is 40.6 Å². The zero-order valence-corrected chi connectivity index (χ0v) is 10.8. The van der Waals surface area contributed by atoms with Crippen molar-refractivity contribution in [3.8, 4) is 0 Å². The van der Waals surface area contributed by atoms with E-state index in [1.807, 2.05) is 0 Å². The summed E-state index contributed by atoms with van der Waals surface area (Å²) in [5.41, 5.74) is 7.27. The summed E-state index contributed by atoms with van der Waals surface area (Å²) in [6.45, 7) is 22.5. The molecular formula is C11H12CrNO5+5. The van der Waals surface area contributed by atoms with Crippen molar-refractivity contribution in [2.75, 3.05) is 0 Å². The second kappa shape index (κ2) is 72.2. The Labute approximate surface area is 118 Å². The predicted octanol–water partition coefficient (Wildman–Crippen LogP) is 2.18. The monoisotopic (exact) mass is 290 g/mol. The molecule has 1 aliphatic carbocycles. The van der Waals surface area contributed by atoms with Crippen molar-refractivity contribution in [2.24, 2.45) is 0 Å². The van der Waals surface area contributed by atoms with Gasteiger partial charge in [-0.25, -0.2) is 0 Å². The Morgan fingerprint density at radius 3 is 0.944 bits per heavy atom. The van der Waals surface area contributed by atoms with Crippen LogP contribution in [0.25, 0.3) is 5.73 Å². The zero-order valence-electron chi connectivity index (χ0n) is 9.56. The van der Waals surface area contributed by atoms with E-state index in [4.69, 9.17) is 29.0 Å². The third kappa shape index (κ3) is 59.2. The Balaban J connectivity index is -0.0000000285. The van der Waals surface area contributed by atoms with Crippen LogP contribution in [-0.2, 0) is 40.6 Å². The summed E-state index contributed by atoms with van der Waals surface area (Å²) in [4.78, 5) is 0. The third-order valence-corrected chi connectivity index (χ3v) is 1.61. The largest absolute Gasteiger partial charge is 6.00 e. The SMILES string of the molecule is [C-]#[O+].[C-]#[O+].[C-]#[O+].[C-]#[O+].[C-]#[O+].[Cr+6].[NH-]C1CCCCC1. The summed E-state index contributed by atoms with van der Waals surface area (Å²) in [7, 11) is 0. The number of rotatable bonds is 0. The van der Waals surface area contributed by atoms with Gasteiger partial charge < -0.3 is 5.73 Å². The van der Waals surface area contributed by atoms with Gasteiger partial charge in [0.1, 0.15) is 0 Å². The van der Waals surface area contributed by atoms with Crippen LogP contribution in [0, 0.1) is 33.3 Å². The number of hydrogen-bond acceptors (Lipinski definition) is 0. The maximum Gasteiger partial charge on any atom is 6.00 e. The van der Waals surface area contributed by atoms with Crippen LogP contribution in [0.3, 0.4) is 0 Å². The minimum absolute atomic E-state index is 0. The molecule has 1 saturated carbocycles. The van der Waals surface area contributed by atoms with E-state index in [1.54, 1.807) is 0 Å². The molecule has 0 unspecified atom stereocenters. The molecule has 1 fully saturated rings. The van der Waals surface area contributed by atoms with Crippen LogP contribution in [0.4, 0.5) is 0 Å². The molecule has 0 amide bonds. The van der Waals surface area contributed by atoms with E-state index < -0.39 is 0 Å². The molecule has 0 aliphatic heterocycles. The van der Waals surface area contributed by atoms with E-state index in [2.05, 4.69) is 33.3 Å². The van der Waals surface area contributed by atoms with Gasteiger partial charge in [0.2, 0.25) is 0 Å². The van der Waals surface area contributed by atoms with Crippen molar-refractivity contribution in [1.29, 1.82) is 0 Å². The van der Waals surface area contributed by atoms with Gasteiger partial charge in [0.05, 0.1) is 0 Å². The van der Waals surface area contributed by atoms with Crippen molar-refractivity contribution in [2.45, 2.75) is 38.1 Å². The molecule has 0 radical (unpaired) electrons. The smallest absolute Gasteiger partial charge is 0.675 e. The summed E-state index contributed by atoms with van der Waals surface area (Å²) < 4.78 is 37.5. The van der Waals surface area contributed by atoms with E-state index in [1.165, 1.54) is 19.3 Å². The van der Waals surface area contributed by atoms with Gasteiger partial charge in [-0.15, -0.1) is 6.04 Å². The first-order valence-electron chi connectivity index (χ1n) is 4.13. The fourth-order valence-electron chi connectivity index (χ4n) is 1.10. The second-order valence-electron chi connectivity index (χ2n) is 2.33. The Hall–Kier alpha value is -0.808. The molecule has 0 atom stereocenters. The first-order chi connectivity index (χ1) is 8.39. The quantitative estimate of drug-likeness (QED) is 0.479. The molecular weight excluding hydrogens is 278 g/mol. The molecule has 0 aromatic carbocycles. The van der Waals surface area contributed by atoms with Gasteiger partial charge in [-0.2, -0.15) is 0 Å². The van der Waals surface area contributed by atoms with Gasteiger partial charge in [0.25, 0.3) is 0 Å². The Bertz CT molecular complexity index is 169. The molecule has 18 heavy (non-hydrogen) atoms. The molecule has 6 nitrogen and oxygen atoms in total. The average Bonchev–Trinajstić information content (AvgIpc) is 2.50. The Morgan fingerprint density at radius 2 is 0.833 bits per heavy atom. The summed E-state index contributed by atoms with van der Waals surface area (Å²) in [5, 5.41) is 0. The van der Waals surface area contributed by atoms with Crippen molar-refractivity contribution in [1.82, 2.24) is 0 Å². The Morgan fingerprint density at radius 1 is 0.611 bits per heavy atom. The van der Waals surface area contributed by atoms with E-state index in [9.17, 15) is 0 Å². The first kappa shape index (κ1) is 36.0. The summed E-state index contributed by atoms with van der Waals surface area (Å²) in [5.74, 6) is 0. The van der Waals surface area contributed by atoms with Crippen LogP contribution in [0.15, 0.2) is 0 Å². The number of hydrogen-bond donors (Lipinski definition) is 0. The van der Waals surface area contributed by atoms with Crippen LogP contribution in [-0.4, -0.2) is 6.04 Å². The van der Waals surface area contributed by atoms with Gasteiger partial charge >= 0.3 is 73.9 Å². The minimum atomic E-state index is 0. The maximum atomic E-state index is 7.50. The summed E-state index contributed by atoms with van der Waals surface area (Å²) >= 11 is 0. The van der Waals surface area contributed by atoms with Gasteiger partial charge in [0.15, 0.2) is 0 Å². The average molecular weight is 290 g/mol. The van der Waals surface area contributed by atoms with Gasteiger partial charge in [-0.05, 0) is 0 Å². The topological polar surface area (TPSA) is 123 Å². The Kier molecular flexibility index (Phi) is 144. The molecule has 0 bridgehead atoms. The van der Waals surface area contributed by atoms with E-state index >= 15 is 0 Å². The third-order valence-electron chi connectivity index (χ3n) is 1.61. The van der Waals surface area contributed by atoms with Gasteiger partial charge in [-0.3, -0.25) is 0 Å².